The van der Waals surface area contributed by atoms with Crippen LogP contribution in [0.1, 0.15) is 6.92 Å². The number of imidazole rings is 1. The van der Waals surface area contributed by atoms with E-state index in [4.69, 9.17) is 4.74 Å². The van der Waals surface area contributed by atoms with E-state index in [1.807, 2.05) is 0 Å². The van der Waals surface area contributed by atoms with Crippen LogP contribution in [0, 0.1) is 0 Å². The number of esters is 1. The lowest BCUT2D eigenvalue weighted by Crippen LogP contribution is -2.00. The second-order valence-electron chi connectivity index (χ2n) is 2.88. The van der Waals surface area contributed by atoms with Gasteiger partial charge in [0.15, 0.2) is 0 Å². The Morgan fingerprint density at radius 1 is 1.29 bits per heavy atom. The summed E-state index contributed by atoms with van der Waals surface area (Å²) >= 11 is 0. The third-order valence-electron chi connectivity index (χ3n) is 1.75. The summed E-state index contributed by atoms with van der Waals surface area (Å²) in [5.74, 6) is 0.0301. The number of fused-ring (bicyclic) bond motifs is 1. The zero-order valence-corrected chi connectivity index (χ0v) is 7.46. The predicted molar refractivity (Wildman–Crippen MR) is 50.2 cm³/mol. The van der Waals surface area contributed by atoms with Crippen molar-refractivity contribution >= 4 is 17.0 Å². The number of ether oxygens (including phenoxy) is 1. The molecule has 0 aliphatic carbocycles. The van der Waals surface area contributed by atoms with Crippen molar-refractivity contribution in [2.24, 2.45) is 0 Å². The number of aromatic amines is 2. The Balaban J connectivity index is 2.50. The Bertz CT molecular complexity index is 538. The summed E-state index contributed by atoms with van der Waals surface area (Å²) in [5.41, 5.74) is 1.03. The molecule has 2 N–H and O–H groups in total. The lowest BCUT2D eigenvalue weighted by Gasteiger charge is -1.99. The van der Waals surface area contributed by atoms with Crippen LogP contribution in [-0.2, 0) is 4.79 Å². The Hall–Kier alpha value is -2.04. The zero-order chi connectivity index (χ0) is 10.1. The van der Waals surface area contributed by atoms with Gasteiger partial charge in [-0.25, -0.2) is 4.79 Å². The van der Waals surface area contributed by atoms with Gasteiger partial charge in [-0.3, -0.25) is 4.79 Å². The fraction of sp³-hybridized carbons (Fsp3) is 0.111. The van der Waals surface area contributed by atoms with Crippen LogP contribution in [0.15, 0.2) is 23.0 Å². The minimum Gasteiger partial charge on any atom is -0.427 e. The smallest absolute Gasteiger partial charge is 0.323 e. The molecule has 14 heavy (non-hydrogen) atoms. The third-order valence-corrected chi connectivity index (χ3v) is 1.75. The van der Waals surface area contributed by atoms with Crippen LogP contribution in [0.4, 0.5) is 0 Å². The van der Waals surface area contributed by atoms with Gasteiger partial charge >= 0.3 is 11.7 Å². The van der Waals surface area contributed by atoms with Crippen LogP contribution in [0.3, 0.4) is 0 Å². The highest BCUT2D eigenvalue weighted by Gasteiger charge is 2.01. The first-order chi connectivity index (χ1) is 6.65. The standard InChI is InChI=1S/C9H8N2O3/c1-5(12)14-6-2-3-7-8(4-6)11-9(13)10-7/h2-4H,1H3,(H2,10,11,13). The number of carbonyl (C=O) groups excluding carboxylic acids is 1. The van der Waals surface area contributed by atoms with Gasteiger partial charge in [-0.1, -0.05) is 0 Å². The van der Waals surface area contributed by atoms with E-state index in [9.17, 15) is 9.59 Å². The molecular formula is C9H8N2O3. The van der Waals surface area contributed by atoms with E-state index in [1.165, 1.54) is 6.92 Å². The van der Waals surface area contributed by atoms with E-state index in [0.717, 1.165) is 0 Å². The molecule has 1 heterocycles. The van der Waals surface area contributed by atoms with Crippen LogP contribution in [0.25, 0.3) is 11.0 Å². The molecule has 0 aliphatic rings. The van der Waals surface area contributed by atoms with Crippen molar-refractivity contribution in [1.82, 2.24) is 9.97 Å². The van der Waals surface area contributed by atoms with Crippen LogP contribution >= 0.6 is 0 Å². The van der Waals surface area contributed by atoms with Crippen LogP contribution in [0.5, 0.6) is 5.75 Å². The van der Waals surface area contributed by atoms with Crippen molar-refractivity contribution in [1.29, 1.82) is 0 Å². The molecule has 2 rings (SSSR count). The predicted octanol–water partition coefficient (Wildman–Crippen LogP) is 0.781. The van der Waals surface area contributed by atoms with E-state index < -0.39 is 0 Å². The van der Waals surface area contributed by atoms with Crippen molar-refractivity contribution in [3.05, 3.63) is 28.7 Å². The van der Waals surface area contributed by atoms with Crippen molar-refractivity contribution in [3.8, 4) is 5.75 Å². The Labute approximate surface area is 78.7 Å². The Morgan fingerprint density at radius 2 is 2.00 bits per heavy atom. The number of hydrogen-bond donors (Lipinski definition) is 2. The molecule has 72 valence electrons. The molecule has 0 atom stereocenters. The fourth-order valence-corrected chi connectivity index (χ4v) is 1.24. The van der Waals surface area contributed by atoms with Gasteiger partial charge in [0.05, 0.1) is 11.0 Å². The summed E-state index contributed by atoms with van der Waals surface area (Å²) in [4.78, 5) is 26.7. The van der Waals surface area contributed by atoms with E-state index in [-0.39, 0.29) is 11.7 Å². The average molecular weight is 192 g/mol. The number of benzene rings is 1. The molecular weight excluding hydrogens is 184 g/mol. The fourth-order valence-electron chi connectivity index (χ4n) is 1.24. The van der Waals surface area contributed by atoms with Gasteiger partial charge in [-0.2, -0.15) is 0 Å². The Morgan fingerprint density at radius 3 is 2.71 bits per heavy atom. The molecule has 0 amide bonds. The second kappa shape index (κ2) is 3.02. The maximum atomic E-state index is 10.9. The highest BCUT2D eigenvalue weighted by Crippen LogP contribution is 2.16. The molecule has 2 aromatic rings. The first kappa shape index (κ1) is 8.55. The summed E-state index contributed by atoms with van der Waals surface area (Å²) in [7, 11) is 0. The highest BCUT2D eigenvalue weighted by molar-refractivity contribution is 5.77. The normalized spacial score (nSPS) is 10.4. The number of hydrogen-bond acceptors (Lipinski definition) is 3. The van der Waals surface area contributed by atoms with Gasteiger partial charge in [0.1, 0.15) is 5.75 Å². The summed E-state index contributed by atoms with van der Waals surface area (Å²) in [6.45, 7) is 1.32. The van der Waals surface area contributed by atoms with Crippen molar-refractivity contribution in [2.75, 3.05) is 0 Å². The summed E-state index contributed by atoms with van der Waals surface area (Å²) < 4.78 is 4.86. The summed E-state index contributed by atoms with van der Waals surface area (Å²) in [6.07, 6.45) is 0. The number of rotatable bonds is 1. The quantitative estimate of drug-likeness (QED) is 0.518. The molecule has 0 radical (unpaired) electrons. The first-order valence-electron chi connectivity index (χ1n) is 4.05. The number of H-pyrrole nitrogens is 2. The molecule has 0 fully saturated rings. The molecule has 1 aromatic heterocycles. The molecule has 0 saturated heterocycles. The van der Waals surface area contributed by atoms with Crippen molar-refractivity contribution < 1.29 is 9.53 Å². The SMILES string of the molecule is CC(=O)Oc1ccc2[nH]c(=O)[nH]c2c1. The van der Waals surface area contributed by atoms with Gasteiger partial charge in [0.2, 0.25) is 0 Å². The largest absolute Gasteiger partial charge is 0.427 e. The van der Waals surface area contributed by atoms with Crippen molar-refractivity contribution in [2.45, 2.75) is 6.92 Å². The Kier molecular flexibility index (Phi) is 1.85. The van der Waals surface area contributed by atoms with E-state index in [2.05, 4.69) is 9.97 Å². The number of aromatic nitrogens is 2. The topological polar surface area (TPSA) is 75.0 Å². The maximum Gasteiger partial charge on any atom is 0.323 e. The molecule has 0 spiro atoms. The monoisotopic (exact) mass is 192 g/mol. The molecule has 0 bridgehead atoms. The first-order valence-corrected chi connectivity index (χ1v) is 4.05. The van der Waals surface area contributed by atoms with Crippen LogP contribution < -0.4 is 10.4 Å². The maximum absolute atomic E-state index is 10.9. The molecule has 0 unspecified atom stereocenters. The summed E-state index contributed by atoms with van der Waals surface area (Å²) in [5, 5.41) is 0. The van der Waals surface area contributed by atoms with Crippen LogP contribution in [-0.4, -0.2) is 15.9 Å². The van der Waals surface area contributed by atoms with Crippen molar-refractivity contribution in [3.63, 3.8) is 0 Å². The van der Waals surface area contributed by atoms with Gasteiger partial charge in [-0.15, -0.1) is 0 Å². The van der Waals surface area contributed by atoms with Gasteiger partial charge in [-0.05, 0) is 12.1 Å². The van der Waals surface area contributed by atoms with Gasteiger partial charge in [0, 0.05) is 13.0 Å². The van der Waals surface area contributed by atoms with Crippen LogP contribution in [0.2, 0.25) is 0 Å². The molecule has 0 saturated carbocycles. The van der Waals surface area contributed by atoms with E-state index in [0.29, 0.717) is 16.8 Å². The molecule has 0 aliphatic heterocycles. The van der Waals surface area contributed by atoms with E-state index >= 15 is 0 Å². The van der Waals surface area contributed by atoms with E-state index in [1.54, 1.807) is 18.2 Å². The molecule has 1 aromatic carbocycles. The second-order valence-corrected chi connectivity index (χ2v) is 2.88. The number of carbonyl (C=O) groups is 1. The van der Waals surface area contributed by atoms with Gasteiger partial charge < -0.3 is 14.7 Å². The average Bonchev–Trinajstić information content (AvgIpc) is 2.42. The lowest BCUT2D eigenvalue weighted by molar-refractivity contribution is -0.131. The lowest BCUT2D eigenvalue weighted by atomic mass is 10.3. The highest BCUT2D eigenvalue weighted by atomic mass is 16.5. The van der Waals surface area contributed by atoms with Gasteiger partial charge in [0.25, 0.3) is 0 Å². The molecule has 5 heteroatoms. The molecule has 5 nitrogen and oxygen atoms in total. The number of nitrogens with one attached hydrogen (secondary N) is 2. The third kappa shape index (κ3) is 1.52. The zero-order valence-electron chi connectivity index (χ0n) is 7.46. The minimum atomic E-state index is -0.387. The summed E-state index contributed by atoms with van der Waals surface area (Å²) in [6, 6.07) is 4.88. The minimum absolute atomic E-state index is 0.278.